The van der Waals surface area contributed by atoms with E-state index in [-0.39, 0.29) is 29.1 Å². The van der Waals surface area contributed by atoms with Crippen molar-refractivity contribution in [2.45, 2.75) is 20.3 Å². The predicted octanol–water partition coefficient (Wildman–Crippen LogP) is 4.11. The van der Waals surface area contributed by atoms with Crippen LogP contribution in [0.2, 0.25) is 0 Å². The van der Waals surface area contributed by atoms with Crippen LogP contribution >= 0.6 is 23.1 Å². The first-order valence-electron chi connectivity index (χ1n) is 10.3. The van der Waals surface area contributed by atoms with E-state index in [1.807, 2.05) is 19.9 Å². The number of carbonyl (C=O) groups is 3. The highest BCUT2D eigenvalue weighted by Crippen LogP contribution is 2.40. The molecule has 8 nitrogen and oxygen atoms in total. The topological polar surface area (TPSA) is 94.2 Å². The number of nitrogens with one attached hydrogen (secondary N) is 1. The van der Waals surface area contributed by atoms with Crippen LogP contribution in [0.3, 0.4) is 0 Å². The predicted molar refractivity (Wildman–Crippen MR) is 130 cm³/mol. The molecule has 1 aromatic carbocycles. The smallest absolute Gasteiger partial charge is 0.293 e. The molecule has 2 aromatic rings. The zero-order valence-corrected chi connectivity index (χ0v) is 20.8. The summed E-state index contributed by atoms with van der Waals surface area (Å²) in [6, 6.07) is 5.26. The SMILES string of the molecule is CCc1sc(C(=O)NCCN2C(=O)S/C(=C/c3cc(OC)c(OC)c(OC)c3)C2=O)cc1C. The van der Waals surface area contributed by atoms with Gasteiger partial charge in [0.25, 0.3) is 17.1 Å². The second kappa shape index (κ2) is 10.8. The van der Waals surface area contributed by atoms with Gasteiger partial charge in [0.05, 0.1) is 31.1 Å². The molecule has 0 bridgehead atoms. The van der Waals surface area contributed by atoms with Crippen molar-refractivity contribution in [3.63, 3.8) is 0 Å². The van der Waals surface area contributed by atoms with Gasteiger partial charge < -0.3 is 19.5 Å². The largest absolute Gasteiger partial charge is 0.493 e. The third-order valence-electron chi connectivity index (χ3n) is 5.04. The molecule has 1 aliphatic rings. The van der Waals surface area contributed by atoms with E-state index in [9.17, 15) is 14.4 Å². The van der Waals surface area contributed by atoms with Crippen molar-refractivity contribution < 1.29 is 28.6 Å². The van der Waals surface area contributed by atoms with E-state index in [2.05, 4.69) is 5.32 Å². The molecule has 0 radical (unpaired) electrons. The summed E-state index contributed by atoms with van der Waals surface area (Å²) >= 11 is 2.31. The summed E-state index contributed by atoms with van der Waals surface area (Å²) in [7, 11) is 4.51. The Bertz CT molecular complexity index is 1080. The molecule has 1 fully saturated rings. The molecule has 176 valence electrons. The summed E-state index contributed by atoms with van der Waals surface area (Å²) in [5.41, 5.74) is 1.72. The van der Waals surface area contributed by atoms with Gasteiger partial charge in [0, 0.05) is 18.0 Å². The van der Waals surface area contributed by atoms with Crippen LogP contribution in [0.25, 0.3) is 6.08 Å². The fraction of sp³-hybridized carbons (Fsp3) is 0.348. The number of benzene rings is 1. The summed E-state index contributed by atoms with van der Waals surface area (Å²) in [4.78, 5) is 40.8. The molecule has 1 aromatic heterocycles. The highest BCUT2D eigenvalue weighted by molar-refractivity contribution is 8.18. The number of ether oxygens (including phenoxy) is 3. The molecular formula is C23H26N2O6S2. The normalized spacial score (nSPS) is 14.7. The van der Waals surface area contributed by atoms with Gasteiger partial charge in [0.2, 0.25) is 5.75 Å². The molecule has 3 amide bonds. The van der Waals surface area contributed by atoms with E-state index in [0.29, 0.717) is 27.7 Å². The van der Waals surface area contributed by atoms with E-state index in [1.54, 1.807) is 18.2 Å². The van der Waals surface area contributed by atoms with Crippen molar-refractivity contribution in [1.29, 1.82) is 0 Å². The van der Waals surface area contributed by atoms with Crippen LogP contribution in [-0.4, -0.2) is 56.4 Å². The van der Waals surface area contributed by atoms with Crippen molar-refractivity contribution in [2.24, 2.45) is 0 Å². The third kappa shape index (κ3) is 5.33. The number of aryl methyl sites for hydroxylation is 2. The number of hydrogen-bond acceptors (Lipinski definition) is 8. The van der Waals surface area contributed by atoms with Gasteiger partial charge in [-0.3, -0.25) is 19.3 Å². The van der Waals surface area contributed by atoms with Crippen molar-refractivity contribution >= 4 is 46.2 Å². The summed E-state index contributed by atoms with van der Waals surface area (Å²) in [6.07, 6.45) is 2.48. The Hall–Kier alpha value is -2.98. The fourth-order valence-electron chi connectivity index (χ4n) is 3.38. The Morgan fingerprint density at radius 3 is 2.30 bits per heavy atom. The third-order valence-corrected chi connectivity index (χ3v) is 7.33. The number of carbonyl (C=O) groups excluding carboxylic acids is 3. The van der Waals surface area contributed by atoms with Crippen molar-refractivity contribution in [3.05, 3.63) is 44.0 Å². The standard InChI is InChI=1S/C23H26N2O6S2/c1-6-17-13(2)9-18(32-17)21(26)24-7-8-25-22(27)19(33-23(25)28)12-14-10-15(29-3)20(31-5)16(11-14)30-4/h9-12H,6-8H2,1-5H3,(H,24,26)/b19-12+. The summed E-state index contributed by atoms with van der Waals surface area (Å²) in [5, 5.41) is 2.41. The van der Waals surface area contributed by atoms with E-state index in [1.165, 1.54) is 37.5 Å². The van der Waals surface area contributed by atoms with Crippen LogP contribution in [0, 0.1) is 6.92 Å². The van der Waals surface area contributed by atoms with Crippen LogP contribution in [-0.2, 0) is 11.2 Å². The Morgan fingerprint density at radius 2 is 1.76 bits per heavy atom. The number of imide groups is 1. The molecule has 1 N–H and O–H groups in total. The van der Waals surface area contributed by atoms with Gasteiger partial charge in [-0.25, -0.2) is 0 Å². The molecule has 0 atom stereocenters. The second-order valence-electron chi connectivity index (χ2n) is 7.12. The van der Waals surface area contributed by atoms with Gasteiger partial charge in [0.15, 0.2) is 11.5 Å². The maximum atomic E-state index is 12.8. The number of hydrogen-bond donors (Lipinski definition) is 1. The monoisotopic (exact) mass is 490 g/mol. The molecule has 0 aliphatic carbocycles. The number of amides is 3. The minimum absolute atomic E-state index is 0.0913. The van der Waals surface area contributed by atoms with Crippen LogP contribution in [0.1, 0.15) is 32.6 Å². The van der Waals surface area contributed by atoms with Gasteiger partial charge in [-0.1, -0.05) is 6.92 Å². The second-order valence-corrected chi connectivity index (χ2v) is 9.25. The van der Waals surface area contributed by atoms with Crippen LogP contribution in [0.4, 0.5) is 4.79 Å². The Kier molecular flexibility index (Phi) is 8.04. The van der Waals surface area contributed by atoms with Crippen molar-refractivity contribution in [1.82, 2.24) is 10.2 Å². The zero-order valence-electron chi connectivity index (χ0n) is 19.1. The van der Waals surface area contributed by atoms with E-state index in [0.717, 1.165) is 28.6 Å². The highest BCUT2D eigenvalue weighted by atomic mass is 32.2. The lowest BCUT2D eigenvalue weighted by Gasteiger charge is -2.13. The quantitative estimate of drug-likeness (QED) is 0.529. The fourth-order valence-corrected chi connectivity index (χ4v) is 5.28. The van der Waals surface area contributed by atoms with Crippen LogP contribution < -0.4 is 19.5 Å². The zero-order chi connectivity index (χ0) is 24.1. The number of thiophene rings is 1. The van der Waals surface area contributed by atoms with Crippen LogP contribution in [0.15, 0.2) is 23.1 Å². The van der Waals surface area contributed by atoms with Gasteiger partial charge in [0.1, 0.15) is 0 Å². The first kappa shape index (κ1) is 24.7. The molecule has 2 heterocycles. The number of thioether (sulfide) groups is 1. The van der Waals surface area contributed by atoms with Crippen LogP contribution in [0.5, 0.6) is 17.2 Å². The lowest BCUT2D eigenvalue weighted by molar-refractivity contribution is -0.122. The van der Waals surface area contributed by atoms with Gasteiger partial charge in [-0.05, 0) is 60.5 Å². The molecular weight excluding hydrogens is 464 g/mol. The average molecular weight is 491 g/mol. The maximum absolute atomic E-state index is 12.8. The maximum Gasteiger partial charge on any atom is 0.293 e. The highest BCUT2D eigenvalue weighted by Gasteiger charge is 2.34. The molecule has 0 saturated carbocycles. The minimum atomic E-state index is -0.409. The molecule has 1 aliphatic heterocycles. The van der Waals surface area contributed by atoms with Gasteiger partial charge >= 0.3 is 0 Å². The van der Waals surface area contributed by atoms with E-state index < -0.39 is 5.91 Å². The van der Waals surface area contributed by atoms with E-state index in [4.69, 9.17) is 14.2 Å². The summed E-state index contributed by atoms with van der Waals surface area (Å²) in [6.45, 7) is 4.29. The van der Waals surface area contributed by atoms with E-state index >= 15 is 0 Å². The average Bonchev–Trinajstić information content (AvgIpc) is 3.32. The molecule has 0 spiro atoms. The Morgan fingerprint density at radius 1 is 1.09 bits per heavy atom. The summed E-state index contributed by atoms with van der Waals surface area (Å²) < 4.78 is 16.0. The number of rotatable bonds is 9. The Balaban J connectivity index is 1.68. The number of methoxy groups -OCH3 is 3. The molecule has 33 heavy (non-hydrogen) atoms. The minimum Gasteiger partial charge on any atom is -0.493 e. The number of nitrogens with zero attached hydrogens (tertiary/aromatic N) is 1. The first-order chi connectivity index (χ1) is 15.8. The molecule has 1 saturated heterocycles. The van der Waals surface area contributed by atoms with Gasteiger partial charge in [-0.15, -0.1) is 11.3 Å². The van der Waals surface area contributed by atoms with Gasteiger partial charge in [-0.2, -0.15) is 0 Å². The molecule has 3 rings (SSSR count). The van der Waals surface area contributed by atoms with Crippen molar-refractivity contribution in [2.75, 3.05) is 34.4 Å². The van der Waals surface area contributed by atoms with Crippen molar-refractivity contribution in [3.8, 4) is 17.2 Å². The lowest BCUT2D eigenvalue weighted by Crippen LogP contribution is -2.37. The molecule has 0 unspecified atom stereocenters. The summed E-state index contributed by atoms with van der Waals surface area (Å²) in [5.74, 6) is 0.712. The molecule has 10 heteroatoms. The first-order valence-corrected chi connectivity index (χ1v) is 11.9. The lowest BCUT2D eigenvalue weighted by atomic mass is 10.1. The Labute approximate surface area is 200 Å².